The lowest BCUT2D eigenvalue weighted by Crippen LogP contribution is -2.62. The number of aliphatic hydroxyl groups is 1. The Kier molecular flexibility index (Phi) is 6.73. The third kappa shape index (κ3) is 5.28. The van der Waals surface area contributed by atoms with E-state index < -0.39 is 6.10 Å². The van der Waals surface area contributed by atoms with E-state index in [0.29, 0.717) is 12.6 Å². The van der Waals surface area contributed by atoms with Crippen LogP contribution in [0.25, 0.3) is 21.9 Å². The van der Waals surface area contributed by atoms with Crippen molar-refractivity contribution in [2.75, 3.05) is 59.7 Å². The van der Waals surface area contributed by atoms with Gasteiger partial charge in [0.1, 0.15) is 24.2 Å². The predicted molar refractivity (Wildman–Crippen MR) is 128 cm³/mol. The molecule has 2 aliphatic rings. The fourth-order valence-corrected chi connectivity index (χ4v) is 4.59. The zero-order valence-electron chi connectivity index (χ0n) is 19.0. The van der Waals surface area contributed by atoms with Crippen molar-refractivity contribution in [3.63, 3.8) is 0 Å². The van der Waals surface area contributed by atoms with Gasteiger partial charge in [0.25, 0.3) is 0 Å². The number of nitrogens with zero attached hydrogens (tertiary/aromatic N) is 3. The Bertz CT molecular complexity index is 1080. The van der Waals surface area contributed by atoms with Crippen LogP contribution >= 0.6 is 0 Å². The topological polar surface area (TPSA) is 67.3 Å². The van der Waals surface area contributed by atoms with E-state index in [1.165, 1.54) is 0 Å². The fourth-order valence-electron chi connectivity index (χ4n) is 4.59. The average molecular weight is 450 g/mol. The van der Waals surface area contributed by atoms with E-state index in [-0.39, 0.29) is 6.61 Å². The third-order valence-electron chi connectivity index (χ3n) is 6.51. The first-order valence-electron chi connectivity index (χ1n) is 11.6. The summed E-state index contributed by atoms with van der Waals surface area (Å²) in [5.74, 6) is 1.51. The van der Waals surface area contributed by atoms with E-state index in [4.69, 9.17) is 14.2 Å². The highest BCUT2D eigenvalue weighted by Crippen LogP contribution is 2.28. The number of methoxy groups -OCH3 is 1. The SMILES string of the molecule is COc1cncc(-c2ccc3cc(OCC(O)CN4CC(N5CCOCC5)C4)ccc3c2)c1. The van der Waals surface area contributed by atoms with Crippen molar-refractivity contribution >= 4 is 10.8 Å². The number of ether oxygens (including phenoxy) is 3. The smallest absolute Gasteiger partial charge is 0.137 e. The van der Waals surface area contributed by atoms with Gasteiger partial charge in [0, 0.05) is 50.5 Å². The molecule has 0 saturated carbocycles. The molecule has 0 bridgehead atoms. The molecule has 0 aliphatic carbocycles. The van der Waals surface area contributed by atoms with Crippen LogP contribution < -0.4 is 9.47 Å². The maximum atomic E-state index is 10.4. The molecule has 1 aromatic heterocycles. The summed E-state index contributed by atoms with van der Waals surface area (Å²) >= 11 is 0. The Morgan fingerprint density at radius 2 is 1.79 bits per heavy atom. The van der Waals surface area contributed by atoms with Gasteiger partial charge in [-0.1, -0.05) is 18.2 Å². The Balaban J connectivity index is 1.13. The number of aliphatic hydroxyl groups excluding tert-OH is 1. The van der Waals surface area contributed by atoms with Crippen molar-refractivity contribution in [2.45, 2.75) is 12.1 Å². The molecule has 0 spiro atoms. The molecule has 0 radical (unpaired) electrons. The Labute approximate surface area is 194 Å². The van der Waals surface area contributed by atoms with E-state index in [2.05, 4.69) is 39.0 Å². The number of β-amino-alcohol motifs (C(OH)–C–C–N with tert-alkyl or cyclic N) is 1. The summed E-state index contributed by atoms with van der Waals surface area (Å²) < 4.78 is 16.6. The van der Waals surface area contributed by atoms with Gasteiger partial charge in [0.2, 0.25) is 0 Å². The molecule has 3 heterocycles. The van der Waals surface area contributed by atoms with Gasteiger partial charge in [-0.15, -0.1) is 0 Å². The molecule has 2 aromatic carbocycles. The maximum Gasteiger partial charge on any atom is 0.137 e. The molecule has 1 N–H and O–H groups in total. The number of rotatable bonds is 8. The molecule has 1 atom stereocenters. The van der Waals surface area contributed by atoms with Crippen LogP contribution in [-0.4, -0.2) is 91.7 Å². The molecule has 2 aliphatic heterocycles. The van der Waals surface area contributed by atoms with Crippen LogP contribution in [0.2, 0.25) is 0 Å². The van der Waals surface area contributed by atoms with E-state index in [0.717, 1.165) is 72.8 Å². The highest BCUT2D eigenvalue weighted by Gasteiger charge is 2.33. The number of hydrogen-bond acceptors (Lipinski definition) is 7. The number of hydrogen-bond donors (Lipinski definition) is 1. The maximum absolute atomic E-state index is 10.4. The van der Waals surface area contributed by atoms with Crippen molar-refractivity contribution in [1.82, 2.24) is 14.8 Å². The zero-order chi connectivity index (χ0) is 22.6. The third-order valence-corrected chi connectivity index (χ3v) is 6.51. The first-order chi connectivity index (χ1) is 16.2. The largest absolute Gasteiger partial charge is 0.495 e. The summed E-state index contributed by atoms with van der Waals surface area (Å²) in [5.41, 5.74) is 2.10. The molecule has 33 heavy (non-hydrogen) atoms. The van der Waals surface area contributed by atoms with Crippen molar-refractivity contribution in [1.29, 1.82) is 0 Å². The van der Waals surface area contributed by atoms with E-state index in [1.54, 1.807) is 13.3 Å². The van der Waals surface area contributed by atoms with Crippen LogP contribution in [-0.2, 0) is 4.74 Å². The lowest BCUT2D eigenvalue weighted by Gasteiger charge is -2.47. The number of fused-ring (bicyclic) bond motifs is 1. The molecule has 174 valence electrons. The lowest BCUT2D eigenvalue weighted by molar-refractivity contribution is -0.0461. The number of likely N-dealkylation sites (tertiary alicyclic amines) is 1. The monoisotopic (exact) mass is 449 g/mol. The number of morpholine rings is 1. The molecule has 5 rings (SSSR count). The normalized spacial score (nSPS) is 18.7. The molecule has 2 saturated heterocycles. The van der Waals surface area contributed by atoms with Crippen LogP contribution in [0.1, 0.15) is 0 Å². The first-order valence-corrected chi connectivity index (χ1v) is 11.6. The molecule has 7 heteroatoms. The van der Waals surface area contributed by atoms with Gasteiger partial charge in [-0.2, -0.15) is 0 Å². The summed E-state index contributed by atoms with van der Waals surface area (Å²) in [4.78, 5) is 9.04. The summed E-state index contributed by atoms with van der Waals surface area (Å²) in [6.45, 7) is 6.66. The first kappa shape index (κ1) is 22.1. The second kappa shape index (κ2) is 10.1. The second-order valence-corrected chi connectivity index (χ2v) is 8.82. The van der Waals surface area contributed by atoms with Gasteiger partial charge in [0.05, 0.1) is 26.5 Å². The van der Waals surface area contributed by atoms with Crippen molar-refractivity contribution in [2.24, 2.45) is 0 Å². The van der Waals surface area contributed by atoms with Gasteiger partial charge in [-0.3, -0.25) is 14.8 Å². The summed E-state index contributed by atoms with van der Waals surface area (Å²) in [6, 6.07) is 14.9. The molecular formula is C26H31N3O4. The molecule has 1 unspecified atom stereocenters. The summed E-state index contributed by atoms with van der Waals surface area (Å²) in [6.07, 6.45) is 3.03. The predicted octanol–water partition coefficient (Wildman–Crippen LogP) is 2.67. The van der Waals surface area contributed by atoms with Gasteiger partial charge in [-0.25, -0.2) is 0 Å². The highest BCUT2D eigenvalue weighted by molar-refractivity contribution is 5.88. The van der Waals surface area contributed by atoms with E-state index in [9.17, 15) is 5.11 Å². The van der Waals surface area contributed by atoms with Gasteiger partial charge < -0.3 is 19.3 Å². The average Bonchev–Trinajstić information content (AvgIpc) is 2.84. The van der Waals surface area contributed by atoms with Crippen LogP contribution in [0.15, 0.2) is 54.9 Å². The van der Waals surface area contributed by atoms with Gasteiger partial charge in [0.15, 0.2) is 0 Å². The molecule has 3 aromatic rings. The molecule has 0 amide bonds. The van der Waals surface area contributed by atoms with Crippen molar-refractivity contribution in [3.05, 3.63) is 54.9 Å². The van der Waals surface area contributed by atoms with Gasteiger partial charge in [-0.05, 0) is 40.6 Å². The number of pyridine rings is 1. The van der Waals surface area contributed by atoms with Crippen molar-refractivity contribution in [3.8, 4) is 22.6 Å². The highest BCUT2D eigenvalue weighted by atomic mass is 16.5. The quantitative estimate of drug-likeness (QED) is 0.567. The van der Waals surface area contributed by atoms with Crippen molar-refractivity contribution < 1.29 is 19.3 Å². The van der Waals surface area contributed by atoms with Crippen LogP contribution in [0, 0.1) is 0 Å². The lowest BCUT2D eigenvalue weighted by atomic mass is 10.0. The van der Waals surface area contributed by atoms with Crippen LogP contribution in [0.3, 0.4) is 0 Å². The zero-order valence-corrected chi connectivity index (χ0v) is 19.0. The second-order valence-electron chi connectivity index (χ2n) is 8.82. The minimum Gasteiger partial charge on any atom is -0.495 e. The fraction of sp³-hybridized carbons (Fsp3) is 0.423. The van der Waals surface area contributed by atoms with E-state index >= 15 is 0 Å². The van der Waals surface area contributed by atoms with E-state index in [1.807, 2.05) is 24.4 Å². The molecular weight excluding hydrogens is 418 g/mol. The van der Waals surface area contributed by atoms with Crippen LogP contribution in [0.4, 0.5) is 0 Å². The Morgan fingerprint density at radius 3 is 2.61 bits per heavy atom. The Morgan fingerprint density at radius 1 is 1.00 bits per heavy atom. The Hall–Kier alpha value is -2.71. The van der Waals surface area contributed by atoms with Gasteiger partial charge >= 0.3 is 0 Å². The summed E-state index contributed by atoms with van der Waals surface area (Å²) in [7, 11) is 1.64. The molecule has 7 nitrogen and oxygen atoms in total. The van der Waals surface area contributed by atoms with Crippen LogP contribution in [0.5, 0.6) is 11.5 Å². The summed E-state index contributed by atoms with van der Waals surface area (Å²) in [5, 5.41) is 12.7. The number of aromatic nitrogens is 1. The number of benzene rings is 2. The molecule has 2 fully saturated rings. The minimum absolute atomic E-state index is 0.289. The standard InChI is InChI=1S/C26H31N3O4/c1-31-26-12-22(13-27-14-26)20-2-3-21-11-25(5-4-19(21)10-20)33-18-24(30)17-28-15-23(16-28)29-6-8-32-9-7-29/h2-5,10-14,23-24,30H,6-9,15-18H2,1H3. The minimum atomic E-state index is -0.505.